The first kappa shape index (κ1) is 25.6. The highest BCUT2D eigenvalue weighted by atomic mass is 32.2. The van der Waals surface area contributed by atoms with E-state index in [1.807, 2.05) is 17.0 Å². The first-order valence-electron chi connectivity index (χ1n) is 11.1. The molecule has 34 heavy (non-hydrogen) atoms. The highest BCUT2D eigenvalue weighted by Crippen LogP contribution is 2.32. The Morgan fingerprint density at radius 3 is 2.21 bits per heavy atom. The first-order valence-corrected chi connectivity index (χ1v) is 12.6. The lowest BCUT2D eigenvalue weighted by molar-refractivity contribution is -0.384. The van der Waals surface area contributed by atoms with Crippen LogP contribution in [-0.2, 0) is 21.4 Å². The molecule has 2 aromatic carbocycles. The molecule has 0 bridgehead atoms. The summed E-state index contributed by atoms with van der Waals surface area (Å²) in [6.07, 6.45) is 0. The molecule has 1 aliphatic heterocycles. The summed E-state index contributed by atoms with van der Waals surface area (Å²) >= 11 is 0. The number of benzene rings is 2. The predicted octanol–water partition coefficient (Wildman–Crippen LogP) is 2.73. The molecule has 0 saturated carbocycles. The summed E-state index contributed by atoms with van der Waals surface area (Å²) in [6, 6.07) is 11.3. The van der Waals surface area contributed by atoms with E-state index in [0.29, 0.717) is 44.0 Å². The van der Waals surface area contributed by atoms with Gasteiger partial charge >= 0.3 is 0 Å². The molecule has 1 amide bonds. The van der Waals surface area contributed by atoms with Crippen molar-refractivity contribution in [3.8, 4) is 0 Å². The number of amides is 1. The summed E-state index contributed by atoms with van der Waals surface area (Å²) < 4.78 is 32.0. The number of hydrogen-bond acceptors (Lipinski definition) is 7. The third-order valence-electron chi connectivity index (χ3n) is 5.91. The molecule has 11 heteroatoms. The zero-order chi connectivity index (χ0) is 24.9. The zero-order valence-electron chi connectivity index (χ0n) is 19.6. The van der Waals surface area contributed by atoms with E-state index in [9.17, 15) is 23.3 Å². The molecule has 0 spiro atoms. The van der Waals surface area contributed by atoms with Crippen LogP contribution in [0.15, 0.2) is 47.4 Å². The van der Waals surface area contributed by atoms with E-state index in [0.717, 1.165) is 11.6 Å². The van der Waals surface area contributed by atoms with Crippen LogP contribution in [0.2, 0.25) is 0 Å². The number of carbonyl (C=O) groups excluding carboxylic acids is 1. The largest absolute Gasteiger partial charge is 0.380 e. The molecule has 0 radical (unpaired) electrons. The second-order valence-electron chi connectivity index (χ2n) is 7.91. The summed E-state index contributed by atoms with van der Waals surface area (Å²) in [4.78, 5) is 27.5. The van der Waals surface area contributed by atoms with Crippen molar-refractivity contribution in [1.82, 2.24) is 9.21 Å². The number of carbonyl (C=O) groups is 1. The van der Waals surface area contributed by atoms with Crippen molar-refractivity contribution in [2.45, 2.75) is 25.3 Å². The van der Waals surface area contributed by atoms with Crippen molar-refractivity contribution in [3.05, 3.63) is 63.7 Å². The molecule has 2 aromatic rings. The third-order valence-corrected chi connectivity index (χ3v) is 7.95. The lowest BCUT2D eigenvalue weighted by Gasteiger charge is -2.36. The maximum absolute atomic E-state index is 12.9. The van der Waals surface area contributed by atoms with Gasteiger partial charge < -0.3 is 14.5 Å². The van der Waals surface area contributed by atoms with E-state index < -0.39 is 14.9 Å². The van der Waals surface area contributed by atoms with Crippen molar-refractivity contribution in [1.29, 1.82) is 0 Å². The summed E-state index contributed by atoms with van der Waals surface area (Å²) in [5.41, 5.74) is 1.63. The molecule has 0 atom stereocenters. The Morgan fingerprint density at radius 2 is 1.68 bits per heavy atom. The topological polar surface area (TPSA) is 113 Å². The number of piperazine rings is 1. The number of anilines is 1. The summed E-state index contributed by atoms with van der Waals surface area (Å²) in [5, 5.41) is 11.8. The van der Waals surface area contributed by atoms with Gasteiger partial charge in [0, 0.05) is 58.0 Å². The normalized spacial score (nSPS) is 14.5. The van der Waals surface area contributed by atoms with Gasteiger partial charge in [-0.2, -0.15) is 4.31 Å². The van der Waals surface area contributed by atoms with Crippen LogP contribution in [0, 0.1) is 10.1 Å². The molecule has 0 N–H and O–H groups in total. The average Bonchev–Trinajstić information content (AvgIpc) is 2.84. The van der Waals surface area contributed by atoms with Crippen molar-refractivity contribution in [2.24, 2.45) is 0 Å². The quantitative estimate of drug-likeness (QED) is 0.392. The van der Waals surface area contributed by atoms with Crippen LogP contribution in [0.3, 0.4) is 0 Å². The van der Waals surface area contributed by atoms with Crippen LogP contribution in [0.5, 0.6) is 0 Å². The Balaban J connectivity index is 1.75. The molecule has 10 nitrogen and oxygen atoms in total. The molecule has 1 saturated heterocycles. The maximum Gasteiger partial charge on any atom is 0.293 e. The number of sulfonamides is 1. The number of nitrogens with zero attached hydrogens (tertiary/aromatic N) is 4. The van der Waals surface area contributed by atoms with E-state index in [-0.39, 0.29) is 29.6 Å². The van der Waals surface area contributed by atoms with Gasteiger partial charge in [0.25, 0.3) is 11.6 Å². The van der Waals surface area contributed by atoms with E-state index in [1.165, 1.54) is 16.4 Å². The van der Waals surface area contributed by atoms with Crippen LogP contribution in [0.4, 0.5) is 11.4 Å². The van der Waals surface area contributed by atoms with Gasteiger partial charge in [-0.15, -0.1) is 0 Å². The molecule has 3 rings (SSSR count). The average molecular weight is 491 g/mol. The minimum atomic E-state index is -3.81. The van der Waals surface area contributed by atoms with Crippen LogP contribution in [0.1, 0.15) is 29.8 Å². The van der Waals surface area contributed by atoms with E-state index >= 15 is 0 Å². The number of hydrogen-bond donors (Lipinski definition) is 0. The molecule has 0 aromatic heterocycles. The molecule has 1 aliphatic rings. The zero-order valence-corrected chi connectivity index (χ0v) is 20.5. The Labute approximate surface area is 199 Å². The lowest BCUT2D eigenvalue weighted by atomic mass is 10.1. The van der Waals surface area contributed by atoms with Gasteiger partial charge in [0.15, 0.2) is 0 Å². The number of nitro benzene ring substituents is 1. The number of nitro groups is 1. The van der Waals surface area contributed by atoms with E-state index in [1.54, 1.807) is 38.0 Å². The van der Waals surface area contributed by atoms with Crippen LogP contribution in [0.25, 0.3) is 0 Å². The minimum absolute atomic E-state index is 0.0984. The Hall–Kier alpha value is -3.02. The van der Waals surface area contributed by atoms with Crippen molar-refractivity contribution in [3.63, 3.8) is 0 Å². The standard InChI is InChI=1S/C23H30N4O6S/c1-4-26(5-2)34(31,32)20-10-11-21(22(16-20)27(29)30)24-12-14-25(15-13-24)23(28)19-8-6-18(7-9-19)17-33-3/h6-11,16H,4-5,12-15,17H2,1-3H3. The Bertz CT molecular complexity index is 1120. The summed E-state index contributed by atoms with van der Waals surface area (Å²) in [7, 11) is -2.20. The SMILES string of the molecule is CCN(CC)S(=O)(=O)c1ccc(N2CCN(C(=O)c3ccc(COC)cc3)CC2)c([N+](=O)[O-])c1. The highest BCUT2D eigenvalue weighted by Gasteiger charge is 2.29. The van der Waals surface area contributed by atoms with Gasteiger partial charge in [0.1, 0.15) is 5.69 Å². The molecular formula is C23H30N4O6S. The van der Waals surface area contributed by atoms with Crippen molar-refractivity contribution >= 4 is 27.3 Å². The second kappa shape index (κ2) is 10.9. The number of ether oxygens (including phenoxy) is 1. The summed E-state index contributed by atoms with van der Waals surface area (Å²) in [5.74, 6) is -0.0984. The summed E-state index contributed by atoms with van der Waals surface area (Å²) in [6.45, 7) is 6.06. The van der Waals surface area contributed by atoms with Crippen LogP contribution >= 0.6 is 0 Å². The van der Waals surface area contributed by atoms with Crippen LogP contribution in [-0.4, -0.2) is 74.8 Å². The second-order valence-corrected chi connectivity index (χ2v) is 9.84. The number of rotatable bonds is 9. The Kier molecular flexibility index (Phi) is 8.24. The molecule has 184 valence electrons. The van der Waals surface area contributed by atoms with E-state index in [2.05, 4.69) is 0 Å². The third kappa shape index (κ3) is 5.37. The molecule has 1 fully saturated rings. The molecular weight excluding hydrogens is 460 g/mol. The first-order chi connectivity index (χ1) is 16.2. The molecule has 0 aliphatic carbocycles. The van der Waals surface area contributed by atoms with Gasteiger partial charge in [0.05, 0.1) is 16.4 Å². The highest BCUT2D eigenvalue weighted by molar-refractivity contribution is 7.89. The fraction of sp³-hybridized carbons (Fsp3) is 0.435. The van der Waals surface area contributed by atoms with Gasteiger partial charge in [0.2, 0.25) is 10.0 Å². The van der Waals surface area contributed by atoms with Crippen molar-refractivity contribution in [2.75, 3.05) is 51.3 Å². The Morgan fingerprint density at radius 1 is 1.06 bits per heavy atom. The number of methoxy groups -OCH3 is 1. The van der Waals surface area contributed by atoms with Gasteiger partial charge in [-0.25, -0.2) is 8.42 Å². The maximum atomic E-state index is 12.9. The van der Waals surface area contributed by atoms with Crippen molar-refractivity contribution < 1.29 is 22.9 Å². The minimum Gasteiger partial charge on any atom is -0.380 e. The smallest absolute Gasteiger partial charge is 0.293 e. The predicted molar refractivity (Wildman–Crippen MR) is 128 cm³/mol. The van der Waals surface area contributed by atoms with Gasteiger partial charge in [-0.05, 0) is 29.8 Å². The molecule has 1 heterocycles. The van der Waals surface area contributed by atoms with Crippen LogP contribution < -0.4 is 4.90 Å². The fourth-order valence-corrected chi connectivity index (χ4v) is 5.51. The van der Waals surface area contributed by atoms with Gasteiger partial charge in [-0.1, -0.05) is 26.0 Å². The van der Waals surface area contributed by atoms with Gasteiger partial charge in [-0.3, -0.25) is 14.9 Å². The fourth-order valence-electron chi connectivity index (χ4n) is 4.03. The monoisotopic (exact) mass is 490 g/mol. The lowest BCUT2D eigenvalue weighted by Crippen LogP contribution is -2.49. The molecule has 0 unspecified atom stereocenters. The van der Waals surface area contributed by atoms with E-state index in [4.69, 9.17) is 4.74 Å².